The summed E-state index contributed by atoms with van der Waals surface area (Å²) in [4.78, 5) is 45.9. The SMILES string of the molecule is CCc1cc(C[C@@H](OC(=O)N2CCC3(CC2)OC(=O)Nc2ccccc23)C(=O)N2CCC(N3CCNCC3)CC2)cc(Cl)c1N. The maximum atomic E-state index is 14.0. The Bertz CT molecular complexity index is 1420. The van der Waals surface area contributed by atoms with Gasteiger partial charge in [-0.25, -0.2) is 9.59 Å². The third-order valence-electron chi connectivity index (χ3n) is 9.81. The third kappa shape index (κ3) is 6.71. The van der Waals surface area contributed by atoms with E-state index in [4.69, 9.17) is 26.8 Å². The minimum atomic E-state index is -1.01. The number of carbonyl (C=O) groups excluding carboxylic acids is 3. The van der Waals surface area contributed by atoms with Gasteiger partial charge in [0.05, 0.1) is 16.4 Å². The number of carbonyl (C=O) groups is 3. The smallest absolute Gasteiger partial charge is 0.412 e. The maximum absolute atomic E-state index is 14.0. The lowest BCUT2D eigenvalue weighted by atomic mass is 9.82. The van der Waals surface area contributed by atoms with Crippen LogP contribution in [0.4, 0.5) is 21.0 Å². The number of nitrogens with two attached hydrogens (primary N) is 1. The van der Waals surface area contributed by atoms with Gasteiger partial charge in [0.1, 0.15) is 5.60 Å². The van der Waals surface area contributed by atoms with Crippen LogP contribution >= 0.6 is 11.6 Å². The molecule has 12 heteroatoms. The van der Waals surface area contributed by atoms with Crippen molar-refractivity contribution in [2.75, 3.05) is 63.4 Å². The summed E-state index contributed by atoms with van der Waals surface area (Å²) in [5.74, 6) is -0.192. The van der Waals surface area contributed by atoms with Crippen molar-refractivity contribution in [3.05, 3.63) is 58.1 Å². The zero-order chi connectivity index (χ0) is 31.6. The number of nitrogen functional groups attached to an aromatic ring is 1. The van der Waals surface area contributed by atoms with Crippen LogP contribution in [0.5, 0.6) is 0 Å². The van der Waals surface area contributed by atoms with Crippen LogP contribution in [0.2, 0.25) is 5.02 Å². The van der Waals surface area contributed by atoms with Crippen LogP contribution in [0.1, 0.15) is 49.3 Å². The number of hydrogen-bond donors (Lipinski definition) is 3. The van der Waals surface area contributed by atoms with E-state index in [1.807, 2.05) is 42.2 Å². The van der Waals surface area contributed by atoms with Crippen molar-refractivity contribution >= 4 is 41.1 Å². The number of ether oxygens (including phenoxy) is 2. The number of fused-ring (bicyclic) bond motifs is 2. The first-order valence-electron chi connectivity index (χ1n) is 16.1. The van der Waals surface area contributed by atoms with Crippen molar-refractivity contribution < 1.29 is 23.9 Å². The molecule has 2 aromatic rings. The molecule has 4 aliphatic heterocycles. The normalized spacial score (nSPS) is 21.1. The molecular formula is C33H43ClN6O5. The Morgan fingerprint density at radius 1 is 1.07 bits per heavy atom. The first-order valence-corrected chi connectivity index (χ1v) is 16.5. The largest absolute Gasteiger partial charge is 0.438 e. The van der Waals surface area contributed by atoms with Crippen LogP contribution in [0.25, 0.3) is 0 Å². The van der Waals surface area contributed by atoms with E-state index >= 15 is 0 Å². The van der Waals surface area contributed by atoms with Crippen LogP contribution in [0, 0.1) is 0 Å². The van der Waals surface area contributed by atoms with Gasteiger partial charge in [-0.2, -0.15) is 0 Å². The number of piperazine rings is 1. The molecule has 3 fully saturated rings. The Hall–Kier alpha value is -3.54. The molecule has 0 radical (unpaired) electrons. The molecule has 0 bridgehead atoms. The van der Waals surface area contributed by atoms with Crippen LogP contribution in [-0.2, 0) is 32.7 Å². The van der Waals surface area contributed by atoms with Crippen LogP contribution < -0.4 is 16.4 Å². The lowest BCUT2D eigenvalue weighted by Gasteiger charge is -2.44. The topological polar surface area (TPSA) is 129 Å². The average Bonchev–Trinajstić information content (AvgIpc) is 3.06. The minimum absolute atomic E-state index is 0.192. The summed E-state index contributed by atoms with van der Waals surface area (Å²) in [6.07, 6.45) is 1.48. The van der Waals surface area contributed by atoms with Gasteiger partial charge in [-0.15, -0.1) is 0 Å². The van der Waals surface area contributed by atoms with E-state index in [9.17, 15) is 14.4 Å². The molecular weight excluding hydrogens is 596 g/mol. The van der Waals surface area contributed by atoms with Crippen LogP contribution in [0.3, 0.4) is 0 Å². The van der Waals surface area contributed by atoms with Gasteiger partial charge < -0.3 is 30.3 Å². The Labute approximate surface area is 269 Å². The number of anilines is 2. The molecule has 4 N–H and O–H groups in total. The molecule has 3 amide bonds. The summed E-state index contributed by atoms with van der Waals surface area (Å²) in [6, 6.07) is 11.7. The second-order valence-electron chi connectivity index (χ2n) is 12.5. The van der Waals surface area contributed by atoms with Gasteiger partial charge in [0, 0.05) is 83.2 Å². The van der Waals surface area contributed by atoms with E-state index < -0.39 is 23.9 Å². The number of nitrogens with one attached hydrogen (secondary N) is 2. The van der Waals surface area contributed by atoms with E-state index in [2.05, 4.69) is 15.5 Å². The van der Waals surface area contributed by atoms with Crippen molar-refractivity contribution in [1.29, 1.82) is 0 Å². The van der Waals surface area contributed by atoms with E-state index in [1.165, 1.54) is 0 Å². The monoisotopic (exact) mass is 638 g/mol. The van der Waals surface area contributed by atoms with Gasteiger partial charge in [0.2, 0.25) is 0 Å². The fourth-order valence-electron chi connectivity index (χ4n) is 7.22. The molecule has 2 aromatic carbocycles. The number of piperidine rings is 2. The van der Waals surface area contributed by atoms with Crippen LogP contribution in [0.15, 0.2) is 36.4 Å². The fourth-order valence-corrected chi connectivity index (χ4v) is 7.48. The quantitative estimate of drug-likeness (QED) is 0.405. The maximum Gasteiger partial charge on any atom is 0.412 e. The predicted octanol–water partition coefficient (Wildman–Crippen LogP) is 3.98. The Kier molecular flexibility index (Phi) is 9.39. The summed E-state index contributed by atoms with van der Waals surface area (Å²) in [6.45, 7) is 7.91. The Morgan fingerprint density at radius 3 is 2.49 bits per heavy atom. The highest BCUT2D eigenvalue weighted by Gasteiger charge is 2.46. The lowest BCUT2D eigenvalue weighted by Crippen LogP contribution is -2.54. The number of hydrogen-bond acceptors (Lipinski definition) is 8. The Balaban J connectivity index is 1.15. The molecule has 4 heterocycles. The molecule has 0 aromatic heterocycles. The molecule has 0 aliphatic carbocycles. The number of para-hydroxylation sites is 1. The van der Waals surface area contributed by atoms with Crippen molar-refractivity contribution in [3.63, 3.8) is 0 Å². The Morgan fingerprint density at radius 2 is 1.78 bits per heavy atom. The second-order valence-corrected chi connectivity index (χ2v) is 12.9. The average molecular weight is 639 g/mol. The highest BCUT2D eigenvalue weighted by Crippen LogP contribution is 2.43. The van der Waals surface area contributed by atoms with Gasteiger partial charge in [-0.3, -0.25) is 15.0 Å². The van der Waals surface area contributed by atoms with E-state index in [-0.39, 0.29) is 12.3 Å². The molecule has 45 heavy (non-hydrogen) atoms. The van der Waals surface area contributed by atoms with Crippen molar-refractivity contribution in [2.24, 2.45) is 0 Å². The molecule has 3 saturated heterocycles. The van der Waals surface area contributed by atoms with Crippen LogP contribution in [-0.4, -0.2) is 97.3 Å². The standard InChI is InChI=1S/C33H43ClN6O5/c1-2-23-19-22(20-26(34)29(23)35)21-28(30(41)39-13-7-24(8-14-39)38-17-11-36-12-18-38)44-32(43)40-15-9-33(10-16-40)25-5-3-4-6-27(25)37-31(42)45-33/h3-6,19-20,24,28,36H,2,7-18,21,35H2,1H3,(H,37,42)/t28-/m1/s1. The molecule has 242 valence electrons. The zero-order valence-electron chi connectivity index (χ0n) is 25.9. The van der Waals surface area contributed by atoms with E-state index in [0.717, 1.165) is 61.4 Å². The van der Waals surface area contributed by atoms with Crippen molar-refractivity contribution in [1.82, 2.24) is 20.0 Å². The number of aryl methyl sites for hydroxylation is 1. The molecule has 0 saturated carbocycles. The zero-order valence-corrected chi connectivity index (χ0v) is 26.6. The fraction of sp³-hybridized carbons (Fsp3) is 0.545. The summed E-state index contributed by atoms with van der Waals surface area (Å²) < 4.78 is 11.9. The molecule has 6 rings (SSSR count). The van der Waals surface area contributed by atoms with Gasteiger partial charge >= 0.3 is 12.2 Å². The van der Waals surface area contributed by atoms with Gasteiger partial charge in [-0.1, -0.05) is 42.8 Å². The number of halogens is 1. The summed E-state index contributed by atoms with van der Waals surface area (Å²) in [5.41, 5.74) is 9.22. The summed E-state index contributed by atoms with van der Waals surface area (Å²) in [5, 5.41) is 6.59. The first-order chi connectivity index (χ1) is 21.8. The summed E-state index contributed by atoms with van der Waals surface area (Å²) >= 11 is 6.46. The van der Waals surface area contributed by atoms with Gasteiger partial charge in [0.25, 0.3) is 5.91 Å². The molecule has 4 aliphatic rings. The molecule has 1 spiro atoms. The van der Waals surface area contributed by atoms with E-state index in [0.29, 0.717) is 62.2 Å². The highest BCUT2D eigenvalue weighted by atomic mass is 35.5. The highest BCUT2D eigenvalue weighted by molar-refractivity contribution is 6.33. The number of rotatable bonds is 6. The van der Waals surface area contributed by atoms with Gasteiger partial charge in [0.15, 0.2) is 6.10 Å². The first kappa shape index (κ1) is 31.4. The minimum Gasteiger partial charge on any atom is -0.438 e. The summed E-state index contributed by atoms with van der Waals surface area (Å²) in [7, 11) is 0. The third-order valence-corrected chi connectivity index (χ3v) is 10.1. The number of nitrogens with zero attached hydrogens (tertiary/aromatic N) is 3. The van der Waals surface area contributed by atoms with E-state index in [1.54, 1.807) is 11.0 Å². The predicted molar refractivity (Wildman–Crippen MR) is 172 cm³/mol. The van der Waals surface area contributed by atoms with Crippen molar-refractivity contribution in [2.45, 2.75) is 63.2 Å². The molecule has 1 atom stereocenters. The molecule has 0 unspecified atom stereocenters. The number of amides is 3. The molecule has 11 nitrogen and oxygen atoms in total. The second kappa shape index (κ2) is 13.4. The van der Waals surface area contributed by atoms with Crippen molar-refractivity contribution in [3.8, 4) is 0 Å². The lowest BCUT2D eigenvalue weighted by molar-refractivity contribution is -0.142. The number of likely N-dealkylation sites (tertiary alicyclic amines) is 2. The van der Waals surface area contributed by atoms with Gasteiger partial charge in [-0.05, 0) is 42.5 Å². The number of benzene rings is 2.